The van der Waals surface area contributed by atoms with Crippen LogP contribution in [0.1, 0.15) is 52.4 Å². The molecule has 0 fully saturated rings. The lowest BCUT2D eigenvalue weighted by atomic mass is 10.1. The number of hydrogen-bond acceptors (Lipinski definition) is 2. The molecule has 1 rings (SSSR count). The van der Waals surface area contributed by atoms with Crippen LogP contribution < -0.4 is 9.67 Å². The molecule has 104 valence electrons. The van der Waals surface area contributed by atoms with Gasteiger partial charge in [0.15, 0.2) is 0 Å². The van der Waals surface area contributed by atoms with Crippen molar-refractivity contribution in [1.82, 2.24) is 4.57 Å². The molecule has 0 aliphatic rings. The summed E-state index contributed by atoms with van der Waals surface area (Å²) in [5.74, 6) is -0.920. The lowest BCUT2D eigenvalue weighted by Crippen LogP contribution is -2.28. The van der Waals surface area contributed by atoms with E-state index in [0.29, 0.717) is 0 Å². The molecule has 4 heteroatoms. The zero-order valence-corrected chi connectivity index (χ0v) is 11.9. The van der Waals surface area contributed by atoms with E-state index in [-0.39, 0.29) is 6.42 Å². The maximum Gasteiger partial charge on any atom is 0.243 e. The van der Waals surface area contributed by atoms with Crippen LogP contribution in [-0.4, -0.2) is 10.5 Å². The predicted octanol–water partition coefficient (Wildman–Crippen LogP) is 1.43. The van der Waals surface area contributed by atoms with Crippen LogP contribution in [0.4, 0.5) is 0 Å². The number of aromatic nitrogens is 2. The van der Waals surface area contributed by atoms with E-state index in [4.69, 9.17) is 0 Å². The summed E-state index contributed by atoms with van der Waals surface area (Å²) in [4.78, 5) is 9.92. The van der Waals surface area contributed by atoms with Gasteiger partial charge in [-0.1, -0.05) is 32.6 Å². The second-order valence-corrected chi connectivity index (χ2v) is 4.45. The van der Waals surface area contributed by atoms with Crippen LogP contribution in [0.2, 0.25) is 0 Å². The molecule has 0 saturated carbocycles. The Kier molecular flexibility index (Phi) is 10.0. The van der Waals surface area contributed by atoms with E-state index in [1.165, 1.54) is 12.8 Å². The number of aliphatic carboxylic acids is 1. The summed E-state index contributed by atoms with van der Waals surface area (Å²) in [6, 6.07) is 0. The van der Waals surface area contributed by atoms with Crippen LogP contribution in [0.25, 0.3) is 0 Å². The maximum absolute atomic E-state index is 9.92. The standard InChI is InChI=1S/C8H16O2.C6H11N2/c1-2-3-4-5-6-7-8(9)10;1-3-8-5-4-7(2)6-8/h2-7H2,1H3,(H,9,10);4-6H,3H2,1-2H3/q;+1/p-1. The molecule has 1 aromatic heterocycles. The van der Waals surface area contributed by atoms with Crippen molar-refractivity contribution in [2.75, 3.05) is 0 Å². The Hall–Kier alpha value is -1.32. The van der Waals surface area contributed by atoms with E-state index in [0.717, 1.165) is 25.8 Å². The number of carboxylic acids is 1. The van der Waals surface area contributed by atoms with Crippen LogP contribution in [0.3, 0.4) is 0 Å². The van der Waals surface area contributed by atoms with Crippen molar-refractivity contribution in [2.45, 2.75) is 58.9 Å². The minimum Gasteiger partial charge on any atom is -0.550 e. The molecule has 1 heterocycles. The van der Waals surface area contributed by atoms with Gasteiger partial charge >= 0.3 is 0 Å². The quantitative estimate of drug-likeness (QED) is 0.546. The molecule has 0 aliphatic heterocycles. The maximum atomic E-state index is 9.92. The Morgan fingerprint density at radius 2 is 1.89 bits per heavy atom. The summed E-state index contributed by atoms with van der Waals surface area (Å²) in [5.41, 5.74) is 0. The molecule has 0 amide bonds. The van der Waals surface area contributed by atoms with E-state index in [9.17, 15) is 9.90 Å². The molecular weight excluding hydrogens is 228 g/mol. The van der Waals surface area contributed by atoms with E-state index < -0.39 is 5.97 Å². The van der Waals surface area contributed by atoms with E-state index in [2.05, 4.69) is 30.9 Å². The van der Waals surface area contributed by atoms with Gasteiger partial charge < -0.3 is 9.90 Å². The Morgan fingerprint density at radius 1 is 1.22 bits per heavy atom. The number of imidazole rings is 1. The molecule has 4 nitrogen and oxygen atoms in total. The minimum absolute atomic E-state index is 0.226. The lowest BCUT2D eigenvalue weighted by Gasteiger charge is -2.00. The number of rotatable bonds is 7. The highest BCUT2D eigenvalue weighted by atomic mass is 16.4. The number of carboxylic acid groups (broad SMARTS) is 1. The number of nitrogens with zero attached hydrogens (tertiary/aromatic N) is 2. The second kappa shape index (κ2) is 10.8. The van der Waals surface area contributed by atoms with Crippen LogP contribution in [0.5, 0.6) is 0 Å². The van der Waals surface area contributed by atoms with Crippen LogP contribution >= 0.6 is 0 Å². The average molecular weight is 254 g/mol. The third-order valence-electron chi connectivity index (χ3n) is 2.67. The fourth-order valence-corrected chi connectivity index (χ4v) is 1.56. The highest BCUT2D eigenvalue weighted by Crippen LogP contribution is 2.03. The Bertz CT molecular complexity index is 321. The van der Waals surface area contributed by atoms with Gasteiger partial charge in [0.25, 0.3) is 0 Å². The molecule has 0 aromatic carbocycles. The Labute approximate surface area is 110 Å². The van der Waals surface area contributed by atoms with E-state index >= 15 is 0 Å². The van der Waals surface area contributed by atoms with Crippen LogP contribution in [0.15, 0.2) is 18.7 Å². The molecule has 0 N–H and O–H groups in total. The van der Waals surface area contributed by atoms with Gasteiger partial charge in [-0.2, -0.15) is 0 Å². The van der Waals surface area contributed by atoms with Crippen molar-refractivity contribution in [3.05, 3.63) is 18.7 Å². The topological polar surface area (TPSA) is 48.9 Å². The zero-order chi connectivity index (χ0) is 13.8. The molecular formula is C14H26N2O2. The van der Waals surface area contributed by atoms with Gasteiger partial charge in [0.05, 0.1) is 13.6 Å². The summed E-state index contributed by atoms with van der Waals surface area (Å²) >= 11 is 0. The molecule has 0 radical (unpaired) electrons. The van der Waals surface area contributed by atoms with E-state index in [1.807, 2.05) is 17.8 Å². The van der Waals surface area contributed by atoms with Gasteiger partial charge in [-0.05, 0) is 19.8 Å². The summed E-state index contributed by atoms with van der Waals surface area (Å²) in [6.07, 6.45) is 11.7. The summed E-state index contributed by atoms with van der Waals surface area (Å²) in [5, 5.41) is 9.92. The number of unbranched alkanes of at least 4 members (excludes halogenated alkanes) is 4. The first-order chi connectivity index (χ1) is 8.60. The van der Waals surface area contributed by atoms with Crippen molar-refractivity contribution < 1.29 is 14.5 Å². The second-order valence-electron chi connectivity index (χ2n) is 4.45. The number of aryl methyl sites for hydroxylation is 2. The predicted molar refractivity (Wildman–Crippen MR) is 69.7 cm³/mol. The highest BCUT2D eigenvalue weighted by Gasteiger charge is 1.92. The summed E-state index contributed by atoms with van der Waals surface area (Å²) in [7, 11) is 2.02. The fraction of sp³-hybridized carbons (Fsp3) is 0.714. The number of hydrogen-bond donors (Lipinski definition) is 0. The van der Waals surface area contributed by atoms with Crippen molar-refractivity contribution in [1.29, 1.82) is 0 Å². The first-order valence-corrected chi connectivity index (χ1v) is 6.81. The first kappa shape index (κ1) is 16.7. The minimum atomic E-state index is -0.920. The molecule has 0 spiro atoms. The SMILES string of the molecule is CCCCCCCC(=O)[O-].CC[n+]1ccn(C)c1. The van der Waals surface area contributed by atoms with Gasteiger partial charge in [-0.3, -0.25) is 0 Å². The van der Waals surface area contributed by atoms with Crippen LogP contribution in [-0.2, 0) is 18.4 Å². The van der Waals surface area contributed by atoms with Gasteiger partial charge in [0.2, 0.25) is 6.33 Å². The highest BCUT2D eigenvalue weighted by molar-refractivity contribution is 5.63. The van der Waals surface area contributed by atoms with Crippen molar-refractivity contribution >= 4 is 5.97 Å². The van der Waals surface area contributed by atoms with Crippen molar-refractivity contribution in [3.63, 3.8) is 0 Å². The van der Waals surface area contributed by atoms with Gasteiger partial charge in [0.1, 0.15) is 12.4 Å². The van der Waals surface area contributed by atoms with E-state index in [1.54, 1.807) is 0 Å². The molecule has 1 aromatic rings. The first-order valence-electron chi connectivity index (χ1n) is 6.81. The third-order valence-corrected chi connectivity index (χ3v) is 2.67. The van der Waals surface area contributed by atoms with Crippen molar-refractivity contribution in [2.24, 2.45) is 7.05 Å². The summed E-state index contributed by atoms with van der Waals surface area (Å²) < 4.78 is 4.16. The molecule has 0 atom stereocenters. The van der Waals surface area contributed by atoms with Gasteiger partial charge in [-0.15, -0.1) is 0 Å². The molecule has 0 aliphatic carbocycles. The monoisotopic (exact) mass is 254 g/mol. The van der Waals surface area contributed by atoms with Gasteiger partial charge in [-0.25, -0.2) is 9.13 Å². The molecule has 0 bridgehead atoms. The molecule has 0 unspecified atom stereocenters. The average Bonchev–Trinajstić information content (AvgIpc) is 2.75. The Balaban J connectivity index is 0.000000327. The molecule has 18 heavy (non-hydrogen) atoms. The normalized spacial score (nSPS) is 9.72. The third kappa shape index (κ3) is 9.87. The van der Waals surface area contributed by atoms with Crippen molar-refractivity contribution in [3.8, 4) is 0 Å². The lowest BCUT2D eigenvalue weighted by molar-refractivity contribution is -0.693. The Morgan fingerprint density at radius 3 is 2.28 bits per heavy atom. The van der Waals surface area contributed by atoms with Gasteiger partial charge in [0, 0.05) is 5.97 Å². The smallest absolute Gasteiger partial charge is 0.243 e. The number of carbonyl (C=O) groups is 1. The summed E-state index contributed by atoms with van der Waals surface area (Å²) in [6.45, 7) is 5.32. The molecule has 0 saturated heterocycles. The zero-order valence-electron chi connectivity index (χ0n) is 11.9. The largest absolute Gasteiger partial charge is 0.550 e. The van der Waals surface area contributed by atoms with Crippen LogP contribution in [0, 0.1) is 0 Å². The fourth-order valence-electron chi connectivity index (χ4n) is 1.56. The number of carbonyl (C=O) groups excluding carboxylic acids is 1.